The zero-order valence-electron chi connectivity index (χ0n) is 10.4. The minimum absolute atomic E-state index is 0.617. The number of hydrogen-bond donors (Lipinski definition) is 1. The zero-order chi connectivity index (χ0) is 13.2. The van der Waals surface area contributed by atoms with Gasteiger partial charge < -0.3 is 5.32 Å². The molecule has 1 aliphatic rings. The molecule has 0 saturated heterocycles. The van der Waals surface area contributed by atoms with E-state index in [0.29, 0.717) is 12.0 Å². The predicted molar refractivity (Wildman–Crippen MR) is 92.7 cm³/mol. The highest BCUT2D eigenvalue weighted by atomic mass is 127. The molecule has 0 unspecified atom stereocenters. The van der Waals surface area contributed by atoms with Crippen LogP contribution in [0.2, 0.25) is 0 Å². The molecule has 0 amide bonds. The normalized spacial score (nSPS) is 21.8. The van der Waals surface area contributed by atoms with Crippen LogP contribution in [0.5, 0.6) is 0 Å². The average molecular weight is 428 g/mol. The molecule has 19 heavy (non-hydrogen) atoms. The molecule has 98 valence electrons. The molecular weight excluding hydrogens is 413 g/mol. The summed E-state index contributed by atoms with van der Waals surface area (Å²) in [5.41, 5.74) is 2.70. The number of benzene rings is 2. The van der Waals surface area contributed by atoms with E-state index in [9.17, 15) is 0 Å². The van der Waals surface area contributed by atoms with Crippen LogP contribution in [0.1, 0.15) is 24.3 Å². The molecule has 3 heteroatoms. The highest BCUT2D eigenvalue weighted by Gasteiger charge is 2.29. The molecule has 0 spiro atoms. The maximum absolute atomic E-state index is 3.62. The fourth-order valence-corrected chi connectivity index (χ4v) is 3.36. The first-order valence-electron chi connectivity index (χ1n) is 6.48. The molecule has 1 nitrogen and oxygen atoms in total. The first-order chi connectivity index (χ1) is 9.20. The summed E-state index contributed by atoms with van der Waals surface area (Å²) in [5.74, 6) is 0.716. The second kappa shape index (κ2) is 5.83. The maximum atomic E-state index is 3.62. The van der Waals surface area contributed by atoms with E-state index in [-0.39, 0.29) is 0 Å². The molecule has 1 N–H and O–H groups in total. The highest BCUT2D eigenvalue weighted by molar-refractivity contribution is 14.1. The lowest BCUT2D eigenvalue weighted by Crippen LogP contribution is -2.33. The van der Waals surface area contributed by atoms with Gasteiger partial charge in [0.15, 0.2) is 0 Å². The van der Waals surface area contributed by atoms with Crippen molar-refractivity contribution in [2.45, 2.75) is 24.8 Å². The van der Waals surface area contributed by atoms with Crippen LogP contribution in [0.15, 0.2) is 53.0 Å². The van der Waals surface area contributed by atoms with Gasteiger partial charge in [-0.1, -0.05) is 34.1 Å². The van der Waals surface area contributed by atoms with Crippen molar-refractivity contribution >= 4 is 44.2 Å². The lowest BCUT2D eigenvalue weighted by Gasteiger charge is -2.37. The molecule has 2 aromatic rings. The summed E-state index contributed by atoms with van der Waals surface area (Å²) in [6.45, 7) is 0. The minimum atomic E-state index is 0.617. The molecule has 2 aromatic carbocycles. The van der Waals surface area contributed by atoms with Crippen molar-refractivity contribution in [1.82, 2.24) is 0 Å². The monoisotopic (exact) mass is 427 g/mol. The first kappa shape index (κ1) is 13.4. The number of halogens is 2. The molecule has 1 aliphatic carbocycles. The first-order valence-corrected chi connectivity index (χ1v) is 8.35. The van der Waals surface area contributed by atoms with Crippen LogP contribution < -0.4 is 5.32 Å². The van der Waals surface area contributed by atoms with Gasteiger partial charge >= 0.3 is 0 Å². The van der Waals surface area contributed by atoms with E-state index < -0.39 is 0 Å². The number of anilines is 1. The lowest BCUT2D eigenvalue weighted by molar-refractivity contribution is 0.374. The lowest BCUT2D eigenvalue weighted by atomic mass is 9.76. The van der Waals surface area contributed by atoms with Gasteiger partial charge in [0.2, 0.25) is 0 Å². The van der Waals surface area contributed by atoms with Crippen molar-refractivity contribution in [3.8, 4) is 0 Å². The average Bonchev–Trinajstić information content (AvgIpc) is 2.35. The van der Waals surface area contributed by atoms with Crippen LogP contribution in [-0.4, -0.2) is 6.04 Å². The Balaban J connectivity index is 1.57. The van der Waals surface area contributed by atoms with Gasteiger partial charge in [-0.15, -0.1) is 0 Å². The molecule has 0 aromatic heterocycles. The Hall–Kier alpha value is -0.550. The largest absolute Gasteiger partial charge is 0.382 e. The summed E-state index contributed by atoms with van der Waals surface area (Å²) in [5, 5.41) is 3.62. The van der Waals surface area contributed by atoms with E-state index in [2.05, 4.69) is 92.4 Å². The second-order valence-electron chi connectivity index (χ2n) is 5.07. The van der Waals surface area contributed by atoms with E-state index >= 15 is 0 Å². The maximum Gasteiger partial charge on any atom is 0.0352 e. The summed E-state index contributed by atoms with van der Waals surface area (Å²) in [6.07, 6.45) is 2.46. The summed E-state index contributed by atoms with van der Waals surface area (Å²) in [7, 11) is 0. The summed E-state index contributed by atoms with van der Waals surface area (Å²) in [4.78, 5) is 0. The SMILES string of the molecule is Brc1ccc(C2CC(Nc3cccc(I)c3)C2)cc1. The predicted octanol–water partition coefficient (Wildman–Crippen LogP) is 5.41. The Morgan fingerprint density at radius 1 is 1.05 bits per heavy atom. The summed E-state index contributed by atoms with van der Waals surface area (Å²) >= 11 is 5.84. The topological polar surface area (TPSA) is 12.0 Å². The molecule has 1 saturated carbocycles. The fraction of sp³-hybridized carbons (Fsp3) is 0.250. The third-order valence-corrected chi connectivity index (χ3v) is 4.87. The van der Waals surface area contributed by atoms with Crippen LogP contribution >= 0.6 is 38.5 Å². The van der Waals surface area contributed by atoms with E-state index in [4.69, 9.17) is 0 Å². The molecule has 1 fully saturated rings. The Kier molecular flexibility index (Phi) is 4.12. The number of rotatable bonds is 3. The van der Waals surface area contributed by atoms with E-state index in [1.54, 1.807) is 0 Å². The fourth-order valence-electron chi connectivity index (χ4n) is 2.56. The van der Waals surface area contributed by atoms with Crippen LogP contribution in [-0.2, 0) is 0 Å². The molecule has 0 aliphatic heterocycles. The number of hydrogen-bond acceptors (Lipinski definition) is 1. The van der Waals surface area contributed by atoms with E-state index in [0.717, 1.165) is 4.47 Å². The Bertz CT molecular complexity index is 561. The van der Waals surface area contributed by atoms with Crippen LogP contribution in [0.25, 0.3) is 0 Å². The van der Waals surface area contributed by atoms with Crippen molar-refractivity contribution in [2.75, 3.05) is 5.32 Å². The Morgan fingerprint density at radius 2 is 1.79 bits per heavy atom. The number of nitrogens with one attached hydrogen (secondary N) is 1. The van der Waals surface area contributed by atoms with Gasteiger partial charge in [-0.2, -0.15) is 0 Å². The summed E-state index contributed by atoms with van der Waals surface area (Å²) in [6, 6.07) is 17.9. The van der Waals surface area contributed by atoms with Crippen molar-refractivity contribution < 1.29 is 0 Å². The van der Waals surface area contributed by atoms with Gasteiger partial charge in [-0.25, -0.2) is 0 Å². The standard InChI is InChI=1S/C16H15BrIN/c17-13-6-4-11(5-7-13)12-8-16(9-12)19-15-3-1-2-14(18)10-15/h1-7,10,12,16,19H,8-9H2. The summed E-state index contributed by atoms with van der Waals surface area (Å²) < 4.78 is 2.44. The van der Waals surface area contributed by atoms with Gasteiger partial charge in [0.25, 0.3) is 0 Å². The molecule has 3 rings (SSSR count). The zero-order valence-corrected chi connectivity index (χ0v) is 14.2. The smallest absolute Gasteiger partial charge is 0.0352 e. The molecular formula is C16H15BrIN. The Morgan fingerprint density at radius 3 is 2.47 bits per heavy atom. The van der Waals surface area contributed by atoms with Gasteiger partial charge in [-0.05, 0) is 77.2 Å². The highest BCUT2D eigenvalue weighted by Crippen LogP contribution is 2.38. The minimum Gasteiger partial charge on any atom is -0.382 e. The third kappa shape index (κ3) is 3.31. The quantitative estimate of drug-likeness (QED) is 0.645. The van der Waals surface area contributed by atoms with Crippen LogP contribution in [0, 0.1) is 3.57 Å². The van der Waals surface area contributed by atoms with Gasteiger partial charge in [0.1, 0.15) is 0 Å². The van der Waals surface area contributed by atoms with Crippen molar-refractivity contribution in [1.29, 1.82) is 0 Å². The van der Waals surface area contributed by atoms with E-state index in [1.165, 1.54) is 27.7 Å². The van der Waals surface area contributed by atoms with Crippen LogP contribution in [0.4, 0.5) is 5.69 Å². The van der Waals surface area contributed by atoms with E-state index in [1.807, 2.05) is 0 Å². The van der Waals surface area contributed by atoms with Crippen molar-refractivity contribution in [2.24, 2.45) is 0 Å². The van der Waals surface area contributed by atoms with Crippen LogP contribution in [0.3, 0.4) is 0 Å². The molecule has 0 heterocycles. The van der Waals surface area contributed by atoms with Gasteiger partial charge in [0, 0.05) is 19.8 Å². The van der Waals surface area contributed by atoms with Gasteiger partial charge in [0.05, 0.1) is 0 Å². The van der Waals surface area contributed by atoms with Crippen molar-refractivity contribution in [3.05, 3.63) is 62.1 Å². The van der Waals surface area contributed by atoms with Gasteiger partial charge in [-0.3, -0.25) is 0 Å². The molecule has 0 atom stereocenters. The second-order valence-corrected chi connectivity index (χ2v) is 7.23. The Labute approximate surface area is 136 Å². The molecule has 0 bridgehead atoms. The third-order valence-electron chi connectivity index (χ3n) is 3.67. The molecule has 0 radical (unpaired) electrons. The van der Waals surface area contributed by atoms with Crippen molar-refractivity contribution in [3.63, 3.8) is 0 Å².